The molecule has 0 saturated heterocycles. The van der Waals surface area contributed by atoms with Crippen LogP contribution in [0.2, 0.25) is 0 Å². The third-order valence-corrected chi connectivity index (χ3v) is 3.21. The van der Waals surface area contributed by atoms with E-state index in [0.717, 1.165) is 13.1 Å². The van der Waals surface area contributed by atoms with Crippen molar-refractivity contribution in [3.05, 3.63) is 54.6 Å². The second-order valence-electron chi connectivity index (χ2n) is 4.40. The van der Waals surface area contributed by atoms with Crippen LogP contribution in [0, 0.1) is 11.3 Å². The van der Waals surface area contributed by atoms with Gasteiger partial charge >= 0.3 is 0 Å². The molecule has 0 aliphatic heterocycles. The minimum absolute atomic E-state index is 0.564. The number of hydrogen-bond donors (Lipinski definition) is 0. The van der Waals surface area contributed by atoms with Crippen LogP contribution in [0.5, 0.6) is 0 Å². The van der Waals surface area contributed by atoms with E-state index in [9.17, 15) is 0 Å². The first-order valence-electron chi connectivity index (χ1n) is 6.62. The number of nitriles is 1. The average molecular weight is 250 g/mol. The quantitative estimate of drug-likeness (QED) is 0.799. The van der Waals surface area contributed by atoms with Gasteiger partial charge in [0.15, 0.2) is 0 Å². The van der Waals surface area contributed by atoms with Crippen molar-refractivity contribution in [1.82, 2.24) is 0 Å². The maximum absolute atomic E-state index is 8.67. The van der Waals surface area contributed by atoms with E-state index in [4.69, 9.17) is 5.26 Å². The molecule has 2 heteroatoms. The van der Waals surface area contributed by atoms with Gasteiger partial charge in [-0.05, 0) is 30.2 Å². The molecule has 2 aromatic carbocycles. The first-order chi connectivity index (χ1) is 9.35. The predicted octanol–water partition coefficient (Wildman–Crippen LogP) is 4.09. The van der Waals surface area contributed by atoms with Crippen molar-refractivity contribution in [2.45, 2.75) is 13.3 Å². The highest BCUT2D eigenvalue weighted by Gasteiger charge is 2.04. The fraction of sp³-hybridized carbons (Fsp3) is 0.235. The normalized spacial score (nSPS) is 9.89. The Morgan fingerprint density at radius 2 is 1.58 bits per heavy atom. The second-order valence-corrected chi connectivity index (χ2v) is 4.40. The number of benzene rings is 2. The molecular weight excluding hydrogens is 232 g/mol. The van der Waals surface area contributed by atoms with Gasteiger partial charge in [-0.1, -0.05) is 42.5 Å². The summed E-state index contributed by atoms with van der Waals surface area (Å²) in [6, 6.07) is 21.1. The smallest absolute Gasteiger partial charge is 0.0640 e. The molecule has 2 aromatic rings. The lowest BCUT2D eigenvalue weighted by Gasteiger charge is -2.22. The Hall–Kier alpha value is -2.27. The summed E-state index contributed by atoms with van der Waals surface area (Å²) < 4.78 is 0. The summed E-state index contributed by atoms with van der Waals surface area (Å²) in [5, 5.41) is 8.67. The number of hydrogen-bond acceptors (Lipinski definition) is 2. The summed E-state index contributed by atoms with van der Waals surface area (Å²) in [4.78, 5) is 2.22. The van der Waals surface area contributed by atoms with Crippen molar-refractivity contribution in [1.29, 1.82) is 5.26 Å². The van der Waals surface area contributed by atoms with Gasteiger partial charge in [-0.15, -0.1) is 0 Å². The van der Waals surface area contributed by atoms with E-state index in [1.165, 1.54) is 16.8 Å². The molecule has 0 aliphatic rings. The van der Waals surface area contributed by atoms with E-state index in [-0.39, 0.29) is 0 Å². The fourth-order valence-corrected chi connectivity index (χ4v) is 2.15. The molecule has 0 heterocycles. The minimum atomic E-state index is 0.564. The van der Waals surface area contributed by atoms with E-state index < -0.39 is 0 Å². The standard InChI is InChI=1S/C17H18N2/c1-2-19(14-6-13-18)17-11-9-16(10-12-17)15-7-4-3-5-8-15/h3-5,7-12H,2,6,14H2,1H3. The molecule has 0 radical (unpaired) electrons. The topological polar surface area (TPSA) is 27.0 Å². The van der Waals surface area contributed by atoms with Gasteiger partial charge in [0, 0.05) is 18.8 Å². The number of anilines is 1. The summed E-state index contributed by atoms with van der Waals surface area (Å²) in [5.41, 5.74) is 3.63. The van der Waals surface area contributed by atoms with Crippen molar-refractivity contribution < 1.29 is 0 Å². The van der Waals surface area contributed by atoms with Gasteiger partial charge in [-0.25, -0.2) is 0 Å². The van der Waals surface area contributed by atoms with Gasteiger partial charge in [0.25, 0.3) is 0 Å². The minimum Gasteiger partial charge on any atom is -0.371 e. The highest BCUT2D eigenvalue weighted by atomic mass is 15.1. The summed E-state index contributed by atoms with van der Waals surface area (Å²) >= 11 is 0. The van der Waals surface area contributed by atoms with Gasteiger partial charge in [-0.3, -0.25) is 0 Å². The maximum Gasteiger partial charge on any atom is 0.0640 e. The van der Waals surface area contributed by atoms with Crippen molar-refractivity contribution in [2.24, 2.45) is 0 Å². The van der Waals surface area contributed by atoms with E-state index in [0.29, 0.717) is 6.42 Å². The number of rotatable bonds is 5. The molecule has 0 aromatic heterocycles. The molecule has 0 N–H and O–H groups in total. The van der Waals surface area contributed by atoms with Gasteiger partial charge < -0.3 is 4.90 Å². The molecule has 0 fully saturated rings. The Bertz CT molecular complexity index is 538. The summed E-state index contributed by atoms with van der Waals surface area (Å²) in [6.07, 6.45) is 0.564. The molecule has 96 valence electrons. The molecule has 19 heavy (non-hydrogen) atoms. The third-order valence-electron chi connectivity index (χ3n) is 3.21. The third kappa shape index (κ3) is 3.35. The second kappa shape index (κ2) is 6.61. The zero-order valence-electron chi connectivity index (χ0n) is 11.2. The molecule has 0 spiro atoms. The van der Waals surface area contributed by atoms with Crippen LogP contribution in [0.1, 0.15) is 13.3 Å². The maximum atomic E-state index is 8.67. The van der Waals surface area contributed by atoms with E-state index in [2.05, 4.69) is 66.4 Å². The van der Waals surface area contributed by atoms with Crippen LogP contribution in [0.25, 0.3) is 11.1 Å². The molecule has 0 saturated carbocycles. The average Bonchev–Trinajstić information content (AvgIpc) is 2.49. The molecule has 2 nitrogen and oxygen atoms in total. The summed E-state index contributed by atoms with van der Waals surface area (Å²) in [6.45, 7) is 3.83. The van der Waals surface area contributed by atoms with E-state index >= 15 is 0 Å². The Balaban J connectivity index is 2.16. The van der Waals surface area contributed by atoms with Gasteiger partial charge in [0.2, 0.25) is 0 Å². The van der Waals surface area contributed by atoms with Crippen molar-refractivity contribution in [2.75, 3.05) is 18.0 Å². The van der Waals surface area contributed by atoms with E-state index in [1.54, 1.807) is 0 Å². The first-order valence-corrected chi connectivity index (χ1v) is 6.62. The van der Waals surface area contributed by atoms with Crippen molar-refractivity contribution in [3.63, 3.8) is 0 Å². The fourth-order valence-electron chi connectivity index (χ4n) is 2.15. The Morgan fingerprint density at radius 3 is 2.16 bits per heavy atom. The van der Waals surface area contributed by atoms with Crippen LogP contribution in [-0.2, 0) is 0 Å². The first kappa shape index (κ1) is 13.2. The largest absolute Gasteiger partial charge is 0.371 e. The van der Waals surface area contributed by atoms with Crippen molar-refractivity contribution in [3.8, 4) is 17.2 Å². The van der Waals surface area contributed by atoms with Crippen LogP contribution < -0.4 is 4.90 Å². The van der Waals surface area contributed by atoms with Crippen LogP contribution in [0.3, 0.4) is 0 Å². The van der Waals surface area contributed by atoms with Gasteiger partial charge in [0.1, 0.15) is 0 Å². The highest BCUT2D eigenvalue weighted by Crippen LogP contribution is 2.23. The zero-order chi connectivity index (χ0) is 13.5. The van der Waals surface area contributed by atoms with E-state index in [1.807, 2.05) is 6.07 Å². The van der Waals surface area contributed by atoms with Gasteiger partial charge in [0.05, 0.1) is 12.5 Å². The molecule has 0 unspecified atom stereocenters. The zero-order valence-corrected chi connectivity index (χ0v) is 11.2. The van der Waals surface area contributed by atoms with Crippen LogP contribution >= 0.6 is 0 Å². The Morgan fingerprint density at radius 1 is 0.947 bits per heavy atom. The lowest BCUT2D eigenvalue weighted by molar-refractivity contribution is 0.827. The lowest BCUT2D eigenvalue weighted by atomic mass is 10.1. The Labute approximate surface area is 114 Å². The summed E-state index contributed by atoms with van der Waals surface area (Å²) in [5.74, 6) is 0. The number of nitrogens with zero attached hydrogens (tertiary/aromatic N) is 2. The van der Waals surface area contributed by atoms with Gasteiger partial charge in [-0.2, -0.15) is 5.26 Å². The molecule has 0 bridgehead atoms. The van der Waals surface area contributed by atoms with Crippen LogP contribution in [0.15, 0.2) is 54.6 Å². The van der Waals surface area contributed by atoms with Crippen LogP contribution in [0.4, 0.5) is 5.69 Å². The van der Waals surface area contributed by atoms with Crippen molar-refractivity contribution >= 4 is 5.69 Å². The molecule has 2 rings (SSSR count). The molecule has 0 atom stereocenters. The Kier molecular flexibility index (Phi) is 4.58. The predicted molar refractivity (Wildman–Crippen MR) is 80.0 cm³/mol. The lowest BCUT2D eigenvalue weighted by Crippen LogP contribution is -2.23. The molecule has 0 aliphatic carbocycles. The monoisotopic (exact) mass is 250 g/mol. The van der Waals surface area contributed by atoms with Crippen LogP contribution in [-0.4, -0.2) is 13.1 Å². The molecule has 0 amide bonds. The summed E-state index contributed by atoms with van der Waals surface area (Å²) in [7, 11) is 0. The molecular formula is C17H18N2. The highest BCUT2D eigenvalue weighted by molar-refractivity contribution is 5.66. The SMILES string of the molecule is CCN(CCC#N)c1ccc(-c2ccccc2)cc1.